The number of nitrogens with zero attached hydrogens (tertiary/aromatic N) is 4. The molecule has 2 rings (SSSR count). The predicted molar refractivity (Wildman–Crippen MR) is 101 cm³/mol. The van der Waals surface area contributed by atoms with E-state index in [-0.39, 0.29) is 36.2 Å². The number of aromatic nitrogens is 2. The third kappa shape index (κ3) is 5.74. The van der Waals surface area contributed by atoms with Crippen LogP contribution in [0.4, 0.5) is 0 Å². The summed E-state index contributed by atoms with van der Waals surface area (Å²) in [6, 6.07) is -0.371. The topological polar surface area (TPSA) is 118 Å². The van der Waals surface area contributed by atoms with E-state index in [1.54, 1.807) is 4.90 Å². The molecule has 0 aliphatic carbocycles. The van der Waals surface area contributed by atoms with E-state index in [1.807, 2.05) is 34.7 Å². The van der Waals surface area contributed by atoms with Crippen LogP contribution in [0.3, 0.4) is 0 Å². The Morgan fingerprint density at radius 1 is 1.37 bits per heavy atom. The Kier molecular flexibility index (Phi) is 7.32. The number of hydrogen-bond donors (Lipinski definition) is 2. The second kappa shape index (κ2) is 9.27. The summed E-state index contributed by atoms with van der Waals surface area (Å²) in [6.45, 7) is 9.62. The molecular weight excluding hydrogens is 348 g/mol. The highest BCUT2D eigenvalue weighted by atomic mass is 16.5. The number of carbonyl (C=O) groups is 2. The van der Waals surface area contributed by atoms with Crippen molar-refractivity contribution >= 4 is 11.8 Å². The maximum Gasteiger partial charge on any atom is 0.242 e. The van der Waals surface area contributed by atoms with Crippen molar-refractivity contribution in [2.24, 2.45) is 11.7 Å². The Bertz CT molecular complexity index is 645. The van der Waals surface area contributed by atoms with E-state index in [9.17, 15) is 9.59 Å². The zero-order valence-electron chi connectivity index (χ0n) is 16.9. The molecule has 0 bridgehead atoms. The number of nitrogens with one attached hydrogen (secondary N) is 1. The Morgan fingerprint density at radius 3 is 2.67 bits per heavy atom. The first kappa shape index (κ1) is 21.3. The van der Waals surface area contributed by atoms with Gasteiger partial charge < -0.3 is 20.5 Å². The van der Waals surface area contributed by atoms with Crippen molar-refractivity contribution in [1.29, 1.82) is 0 Å². The minimum Gasteiger partial charge on any atom is -0.346 e. The van der Waals surface area contributed by atoms with Crippen LogP contribution in [0.25, 0.3) is 0 Å². The second-order valence-electron chi connectivity index (χ2n) is 7.89. The summed E-state index contributed by atoms with van der Waals surface area (Å²) in [5, 5.41) is 6.65. The van der Waals surface area contributed by atoms with Gasteiger partial charge in [0.25, 0.3) is 0 Å². The highest BCUT2D eigenvalue weighted by Gasteiger charge is 2.30. The average Bonchev–Trinajstić information content (AvgIpc) is 3.28. The van der Waals surface area contributed by atoms with E-state index >= 15 is 0 Å². The summed E-state index contributed by atoms with van der Waals surface area (Å²) in [4.78, 5) is 32.6. The number of carbonyl (C=O) groups excluding carboxylic acids is 2. The minimum absolute atomic E-state index is 0.0156. The minimum atomic E-state index is -0.596. The van der Waals surface area contributed by atoms with Crippen LogP contribution in [0.2, 0.25) is 0 Å². The molecule has 1 aliphatic heterocycles. The fraction of sp³-hybridized carbons (Fsp3) is 0.778. The third-order valence-electron chi connectivity index (χ3n) is 4.94. The molecule has 3 N–H and O–H groups in total. The van der Waals surface area contributed by atoms with Gasteiger partial charge >= 0.3 is 0 Å². The number of likely N-dealkylation sites (tertiary alicyclic amines) is 1. The highest BCUT2D eigenvalue weighted by Crippen LogP contribution is 2.17. The van der Waals surface area contributed by atoms with Crippen LogP contribution < -0.4 is 11.1 Å². The molecule has 0 saturated carbocycles. The van der Waals surface area contributed by atoms with Crippen LogP contribution in [0.5, 0.6) is 0 Å². The van der Waals surface area contributed by atoms with Crippen molar-refractivity contribution < 1.29 is 14.1 Å². The van der Waals surface area contributed by atoms with Crippen molar-refractivity contribution in [3.63, 3.8) is 0 Å². The number of likely N-dealkylation sites (N-methyl/N-ethyl adjacent to an activating group) is 1. The molecule has 1 aliphatic rings. The predicted octanol–water partition coefficient (Wildman–Crippen LogP) is 0.325. The van der Waals surface area contributed by atoms with Gasteiger partial charge in [-0.15, -0.1) is 0 Å². The molecule has 1 aromatic rings. The van der Waals surface area contributed by atoms with Gasteiger partial charge in [0.05, 0.1) is 19.1 Å². The molecular formula is C18H32N6O3. The van der Waals surface area contributed by atoms with Crippen molar-refractivity contribution in [2.75, 3.05) is 26.7 Å². The van der Waals surface area contributed by atoms with Crippen molar-refractivity contribution in [3.05, 3.63) is 11.7 Å². The molecule has 1 unspecified atom stereocenters. The zero-order valence-corrected chi connectivity index (χ0v) is 16.9. The first-order chi connectivity index (χ1) is 12.7. The quantitative estimate of drug-likeness (QED) is 0.667. The van der Waals surface area contributed by atoms with E-state index < -0.39 is 6.04 Å². The molecule has 0 aromatic carbocycles. The standard InChI is InChI=1S/C18H32N6O3/c1-11(2)16(19)17(26)20-8-15(25)24-7-6-13(9-24)23(5)10-14-21-18(12(3)4)27-22-14/h11-13,16H,6-10,19H2,1-5H3,(H,20,26)/t13?,16-/m0/s1. The van der Waals surface area contributed by atoms with Gasteiger partial charge in [-0.2, -0.15) is 4.98 Å². The molecule has 2 atom stereocenters. The summed E-state index contributed by atoms with van der Waals surface area (Å²) in [5.41, 5.74) is 5.79. The van der Waals surface area contributed by atoms with Crippen LogP contribution in [0.1, 0.15) is 51.7 Å². The molecule has 1 fully saturated rings. The van der Waals surface area contributed by atoms with Crippen LogP contribution in [0, 0.1) is 5.92 Å². The van der Waals surface area contributed by atoms with E-state index in [0.29, 0.717) is 31.3 Å². The van der Waals surface area contributed by atoms with Crippen molar-refractivity contribution in [1.82, 2.24) is 25.3 Å². The molecule has 27 heavy (non-hydrogen) atoms. The highest BCUT2D eigenvalue weighted by molar-refractivity contribution is 5.87. The number of amides is 2. The van der Waals surface area contributed by atoms with Gasteiger partial charge in [0, 0.05) is 25.0 Å². The largest absolute Gasteiger partial charge is 0.346 e. The smallest absolute Gasteiger partial charge is 0.242 e. The van der Waals surface area contributed by atoms with Crippen LogP contribution in [-0.2, 0) is 16.1 Å². The Hall–Kier alpha value is -2.00. The Labute approximate surface area is 160 Å². The molecule has 9 nitrogen and oxygen atoms in total. The Balaban J connectivity index is 1.79. The number of rotatable bonds is 8. The van der Waals surface area contributed by atoms with Gasteiger partial charge in [0.1, 0.15) is 0 Å². The third-order valence-corrected chi connectivity index (χ3v) is 4.94. The Morgan fingerprint density at radius 2 is 2.07 bits per heavy atom. The number of nitrogens with two attached hydrogens (primary N) is 1. The van der Waals surface area contributed by atoms with E-state index in [2.05, 4.69) is 20.4 Å². The first-order valence-corrected chi connectivity index (χ1v) is 9.52. The molecule has 2 amide bonds. The van der Waals surface area contributed by atoms with Crippen molar-refractivity contribution in [2.45, 2.75) is 58.7 Å². The molecule has 1 saturated heterocycles. The van der Waals surface area contributed by atoms with E-state index in [0.717, 1.165) is 6.42 Å². The molecule has 0 spiro atoms. The lowest BCUT2D eigenvalue weighted by Gasteiger charge is -2.23. The summed E-state index contributed by atoms with van der Waals surface area (Å²) >= 11 is 0. The van der Waals surface area contributed by atoms with Gasteiger partial charge in [-0.05, 0) is 19.4 Å². The summed E-state index contributed by atoms with van der Waals surface area (Å²) in [5.74, 6) is 1.15. The average molecular weight is 380 g/mol. The van der Waals surface area contributed by atoms with Gasteiger partial charge in [-0.3, -0.25) is 14.5 Å². The van der Waals surface area contributed by atoms with Crippen LogP contribution >= 0.6 is 0 Å². The fourth-order valence-electron chi connectivity index (χ4n) is 2.94. The lowest BCUT2D eigenvalue weighted by molar-refractivity contribution is -0.132. The van der Waals surface area contributed by atoms with Gasteiger partial charge in [0.15, 0.2) is 5.82 Å². The van der Waals surface area contributed by atoms with Crippen LogP contribution in [-0.4, -0.2) is 70.5 Å². The number of hydrogen-bond acceptors (Lipinski definition) is 7. The fourth-order valence-corrected chi connectivity index (χ4v) is 2.94. The van der Waals surface area contributed by atoms with E-state index in [4.69, 9.17) is 10.3 Å². The van der Waals surface area contributed by atoms with Crippen LogP contribution in [0.15, 0.2) is 4.52 Å². The van der Waals surface area contributed by atoms with Gasteiger partial charge in [0.2, 0.25) is 17.7 Å². The zero-order chi connectivity index (χ0) is 20.1. The summed E-state index contributed by atoms with van der Waals surface area (Å²) in [6.07, 6.45) is 0.872. The SMILES string of the molecule is CC(C)c1nc(CN(C)C2CCN(C(=O)CNC(=O)[C@@H](N)C(C)C)C2)no1. The molecule has 0 radical (unpaired) electrons. The summed E-state index contributed by atoms with van der Waals surface area (Å²) < 4.78 is 5.24. The lowest BCUT2D eigenvalue weighted by Crippen LogP contribution is -2.48. The molecule has 9 heteroatoms. The summed E-state index contributed by atoms with van der Waals surface area (Å²) in [7, 11) is 1.99. The maximum absolute atomic E-state index is 12.4. The monoisotopic (exact) mass is 380 g/mol. The first-order valence-electron chi connectivity index (χ1n) is 9.52. The van der Waals surface area contributed by atoms with Crippen molar-refractivity contribution in [3.8, 4) is 0 Å². The molecule has 152 valence electrons. The van der Waals surface area contributed by atoms with E-state index in [1.165, 1.54) is 0 Å². The lowest BCUT2D eigenvalue weighted by atomic mass is 10.1. The maximum atomic E-state index is 12.4. The molecule has 1 aromatic heterocycles. The molecule has 2 heterocycles. The van der Waals surface area contributed by atoms with Gasteiger partial charge in [-0.1, -0.05) is 32.9 Å². The van der Waals surface area contributed by atoms with Gasteiger partial charge in [-0.25, -0.2) is 0 Å². The second-order valence-corrected chi connectivity index (χ2v) is 7.89. The normalized spacial score (nSPS) is 18.6.